The number of carbonyl (C=O) groups is 1. The maximum absolute atomic E-state index is 12.8. The summed E-state index contributed by atoms with van der Waals surface area (Å²) in [4.78, 5) is 11.0. The minimum absolute atomic E-state index is 0.242. The lowest BCUT2D eigenvalue weighted by atomic mass is 10.3. The number of carbonyl (C=O) groups excluding carboxylic acids is 1. The largest absolute Gasteiger partial charge is 0.325 e. The van der Waals surface area contributed by atoms with Gasteiger partial charge in [-0.25, -0.2) is 4.39 Å². The highest BCUT2D eigenvalue weighted by atomic mass is 79.9. The SMILES string of the molecule is N#CCC(=O)Nc1cc(F)cc(Br)c1. The Morgan fingerprint density at radius 2 is 2.29 bits per heavy atom. The van der Waals surface area contributed by atoms with Crippen molar-refractivity contribution in [3.8, 4) is 6.07 Å². The molecule has 0 heterocycles. The van der Waals surface area contributed by atoms with Crippen LogP contribution in [-0.4, -0.2) is 5.91 Å². The first-order valence-electron chi connectivity index (χ1n) is 3.74. The van der Waals surface area contributed by atoms with E-state index < -0.39 is 11.7 Å². The number of nitrogens with zero attached hydrogens (tertiary/aromatic N) is 1. The van der Waals surface area contributed by atoms with Crippen molar-refractivity contribution in [3.63, 3.8) is 0 Å². The summed E-state index contributed by atoms with van der Waals surface area (Å²) in [5.41, 5.74) is 0.331. The van der Waals surface area contributed by atoms with Crippen molar-refractivity contribution in [2.24, 2.45) is 0 Å². The molecule has 0 aliphatic rings. The molecule has 14 heavy (non-hydrogen) atoms. The Labute approximate surface area is 88.7 Å². The molecule has 0 aliphatic carbocycles. The molecule has 0 atom stereocenters. The summed E-state index contributed by atoms with van der Waals surface area (Å²) in [5.74, 6) is -0.906. The van der Waals surface area contributed by atoms with E-state index in [2.05, 4.69) is 21.2 Å². The summed E-state index contributed by atoms with van der Waals surface area (Å²) in [6.07, 6.45) is -0.242. The van der Waals surface area contributed by atoms with Crippen molar-refractivity contribution in [2.75, 3.05) is 5.32 Å². The van der Waals surface area contributed by atoms with Crippen LogP contribution >= 0.6 is 15.9 Å². The molecular weight excluding hydrogens is 251 g/mol. The van der Waals surface area contributed by atoms with Gasteiger partial charge in [0.15, 0.2) is 0 Å². The van der Waals surface area contributed by atoms with Gasteiger partial charge in [-0.1, -0.05) is 15.9 Å². The first-order valence-corrected chi connectivity index (χ1v) is 4.54. The lowest BCUT2D eigenvalue weighted by molar-refractivity contribution is -0.115. The van der Waals surface area contributed by atoms with Gasteiger partial charge in [-0.2, -0.15) is 5.26 Å². The summed E-state index contributed by atoms with van der Waals surface area (Å²) in [5, 5.41) is 10.6. The zero-order valence-corrected chi connectivity index (χ0v) is 8.64. The zero-order chi connectivity index (χ0) is 10.6. The molecule has 0 radical (unpaired) electrons. The van der Waals surface area contributed by atoms with Gasteiger partial charge in [-0.3, -0.25) is 4.79 Å². The van der Waals surface area contributed by atoms with Crippen LogP contribution in [0.5, 0.6) is 0 Å². The number of rotatable bonds is 2. The number of anilines is 1. The van der Waals surface area contributed by atoms with Crippen molar-refractivity contribution >= 4 is 27.5 Å². The van der Waals surface area contributed by atoms with E-state index in [4.69, 9.17) is 5.26 Å². The lowest BCUT2D eigenvalue weighted by Gasteiger charge is -2.03. The molecule has 0 bridgehead atoms. The molecule has 1 aromatic carbocycles. The number of nitrogens with one attached hydrogen (secondary N) is 1. The quantitative estimate of drug-likeness (QED) is 0.884. The molecule has 72 valence electrons. The first kappa shape index (κ1) is 10.7. The summed E-state index contributed by atoms with van der Waals surface area (Å²) in [6, 6.07) is 5.71. The predicted octanol–water partition coefficient (Wildman–Crippen LogP) is 2.44. The van der Waals surface area contributed by atoms with Crippen LogP contribution in [-0.2, 0) is 4.79 Å². The molecule has 0 saturated carbocycles. The van der Waals surface area contributed by atoms with Gasteiger partial charge in [0, 0.05) is 10.2 Å². The van der Waals surface area contributed by atoms with E-state index in [1.165, 1.54) is 12.1 Å². The number of benzene rings is 1. The second kappa shape index (κ2) is 4.72. The highest BCUT2D eigenvalue weighted by Gasteiger charge is 2.03. The third kappa shape index (κ3) is 3.15. The van der Waals surface area contributed by atoms with E-state index in [1.807, 2.05) is 0 Å². The predicted molar refractivity (Wildman–Crippen MR) is 53.0 cm³/mol. The van der Waals surface area contributed by atoms with Gasteiger partial charge < -0.3 is 5.32 Å². The number of amides is 1. The lowest BCUT2D eigenvalue weighted by Crippen LogP contribution is -2.10. The number of nitriles is 1. The van der Waals surface area contributed by atoms with Crippen LogP contribution in [0.3, 0.4) is 0 Å². The number of halogens is 2. The first-order chi connectivity index (χ1) is 6.61. The van der Waals surface area contributed by atoms with Crippen molar-refractivity contribution in [3.05, 3.63) is 28.5 Å². The maximum atomic E-state index is 12.8. The van der Waals surface area contributed by atoms with Gasteiger partial charge in [0.05, 0.1) is 6.07 Å². The van der Waals surface area contributed by atoms with Crippen LogP contribution in [0.15, 0.2) is 22.7 Å². The Kier molecular flexibility index (Phi) is 3.60. The molecule has 0 fully saturated rings. The van der Waals surface area contributed by atoms with Crippen LogP contribution < -0.4 is 5.32 Å². The van der Waals surface area contributed by atoms with E-state index in [1.54, 1.807) is 12.1 Å². The molecule has 1 aromatic rings. The van der Waals surface area contributed by atoms with E-state index in [0.717, 1.165) is 0 Å². The van der Waals surface area contributed by atoms with E-state index in [0.29, 0.717) is 10.2 Å². The Morgan fingerprint density at radius 1 is 1.57 bits per heavy atom. The normalized spacial score (nSPS) is 9.21. The molecule has 0 unspecified atom stereocenters. The molecule has 1 amide bonds. The van der Waals surface area contributed by atoms with Gasteiger partial charge in [0.1, 0.15) is 12.2 Å². The molecule has 0 aromatic heterocycles. The van der Waals surface area contributed by atoms with Gasteiger partial charge in [0.2, 0.25) is 5.91 Å². The van der Waals surface area contributed by atoms with Crippen molar-refractivity contribution in [2.45, 2.75) is 6.42 Å². The Hall–Kier alpha value is -1.41. The summed E-state index contributed by atoms with van der Waals surface area (Å²) < 4.78 is 13.4. The molecule has 1 N–H and O–H groups in total. The van der Waals surface area contributed by atoms with Crippen LogP contribution in [0.4, 0.5) is 10.1 Å². The van der Waals surface area contributed by atoms with Crippen LogP contribution in [0.2, 0.25) is 0 Å². The van der Waals surface area contributed by atoms with E-state index in [-0.39, 0.29) is 6.42 Å². The van der Waals surface area contributed by atoms with Gasteiger partial charge in [-0.05, 0) is 18.2 Å². The second-order valence-corrected chi connectivity index (χ2v) is 3.46. The minimum Gasteiger partial charge on any atom is -0.325 e. The van der Waals surface area contributed by atoms with Gasteiger partial charge >= 0.3 is 0 Å². The fraction of sp³-hybridized carbons (Fsp3) is 0.111. The van der Waals surface area contributed by atoms with Crippen LogP contribution in [0, 0.1) is 17.1 Å². The highest BCUT2D eigenvalue weighted by molar-refractivity contribution is 9.10. The molecule has 3 nitrogen and oxygen atoms in total. The van der Waals surface area contributed by atoms with Gasteiger partial charge in [0.25, 0.3) is 0 Å². The smallest absolute Gasteiger partial charge is 0.238 e. The molecule has 5 heteroatoms. The summed E-state index contributed by atoms with van der Waals surface area (Å²) in [7, 11) is 0. The molecular formula is C9H6BrFN2O. The number of hydrogen-bond acceptors (Lipinski definition) is 2. The zero-order valence-electron chi connectivity index (χ0n) is 7.05. The van der Waals surface area contributed by atoms with E-state index >= 15 is 0 Å². The maximum Gasteiger partial charge on any atom is 0.238 e. The summed E-state index contributed by atoms with van der Waals surface area (Å²) >= 11 is 3.09. The Bertz CT molecular complexity index is 380. The Balaban J connectivity index is 2.77. The standard InChI is InChI=1S/C9H6BrFN2O/c10-6-3-7(11)5-8(4-6)13-9(14)1-2-12/h3-5H,1H2,(H,13,14). The van der Waals surface area contributed by atoms with Crippen LogP contribution in [0.1, 0.15) is 6.42 Å². The minimum atomic E-state index is -0.454. The monoisotopic (exact) mass is 256 g/mol. The van der Waals surface area contributed by atoms with Crippen molar-refractivity contribution < 1.29 is 9.18 Å². The highest BCUT2D eigenvalue weighted by Crippen LogP contribution is 2.18. The average molecular weight is 257 g/mol. The fourth-order valence-corrected chi connectivity index (χ4v) is 1.37. The van der Waals surface area contributed by atoms with E-state index in [9.17, 15) is 9.18 Å². The average Bonchev–Trinajstić information content (AvgIpc) is 2.01. The molecule has 0 saturated heterocycles. The fourth-order valence-electron chi connectivity index (χ4n) is 0.903. The molecule has 0 aliphatic heterocycles. The van der Waals surface area contributed by atoms with Gasteiger partial charge in [-0.15, -0.1) is 0 Å². The topological polar surface area (TPSA) is 52.9 Å². The Morgan fingerprint density at radius 3 is 2.86 bits per heavy atom. The van der Waals surface area contributed by atoms with Crippen LogP contribution in [0.25, 0.3) is 0 Å². The second-order valence-electron chi connectivity index (χ2n) is 2.54. The summed E-state index contributed by atoms with van der Waals surface area (Å²) in [6.45, 7) is 0. The van der Waals surface area contributed by atoms with Crippen molar-refractivity contribution in [1.82, 2.24) is 0 Å². The molecule has 0 spiro atoms. The third-order valence-electron chi connectivity index (χ3n) is 1.39. The third-order valence-corrected chi connectivity index (χ3v) is 1.84. The van der Waals surface area contributed by atoms with Crippen molar-refractivity contribution in [1.29, 1.82) is 5.26 Å². The number of hydrogen-bond donors (Lipinski definition) is 1. The molecule has 1 rings (SSSR count).